The Morgan fingerprint density at radius 2 is 2.39 bits per heavy atom. The number of aliphatic hydroxyl groups is 1. The summed E-state index contributed by atoms with van der Waals surface area (Å²) >= 11 is 5.90. The molecule has 126 valence electrons. The summed E-state index contributed by atoms with van der Waals surface area (Å²) in [5.74, 6) is 0.0917. The summed E-state index contributed by atoms with van der Waals surface area (Å²) in [5.41, 5.74) is 0.526. The molecule has 0 radical (unpaired) electrons. The van der Waals surface area contributed by atoms with Gasteiger partial charge in [-0.3, -0.25) is 0 Å². The van der Waals surface area contributed by atoms with Gasteiger partial charge in [0.15, 0.2) is 0 Å². The summed E-state index contributed by atoms with van der Waals surface area (Å²) < 4.78 is 4.92. The van der Waals surface area contributed by atoms with E-state index >= 15 is 0 Å². The number of rotatable bonds is 5. The van der Waals surface area contributed by atoms with Crippen LogP contribution in [0.2, 0.25) is 5.28 Å². The maximum Gasteiger partial charge on any atom is 0.331 e. The number of carbonyl (C=O) groups is 1. The monoisotopic (exact) mass is 339 g/mol. The number of nitrogens with one attached hydrogen (secondary N) is 1. The fraction of sp³-hybridized carbons (Fsp3) is 0.562. The van der Waals surface area contributed by atoms with Gasteiger partial charge in [-0.1, -0.05) is 0 Å². The van der Waals surface area contributed by atoms with Crippen LogP contribution in [0, 0.1) is 0 Å². The molecule has 0 unspecified atom stereocenters. The lowest BCUT2D eigenvalue weighted by Crippen LogP contribution is -2.39. The molecule has 2 rings (SSSR count). The van der Waals surface area contributed by atoms with E-state index in [1.54, 1.807) is 27.0 Å². The molecule has 23 heavy (non-hydrogen) atoms. The molecule has 6 nitrogen and oxygen atoms in total. The molecule has 0 amide bonds. The summed E-state index contributed by atoms with van der Waals surface area (Å²) in [6.07, 6.45) is 5.47. The van der Waals surface area contributed by atoms with Gasteiger partial charge >= 0.3 is 5.97 Å². The molecular formula is C16H22ClN3O3. The summed E-state index contributed by atoms with van der Waals surface area (Å²) in [6.45, 7) is 5.65. The van der Waals surface area contributed by atoms with Crippen molar-refractivity contribution in [3.05, 3.63) is 23.1 Å². The Hall–Kier alpha value is -1.66. The second kappa shape index (κ2) is 7.27. The number of allylic oxidation sites excluding steroid dienone is 1. The molecule has 0 saturated heterocycles. The SMILES string of the molecule is CCOC(=O)C=C(C)c1cnc(Cl)nc1N[C@@H]1CCC[C@@]1(C)O. The maximum absolute atomic E-state index is 11.6. The van der Waals surface area contributed by atoms with Crippen molar-refractivity contribution in [1.82, 2.24) is 9.97 Å². The van der Waals surface area contributed by atoms with Crippen LogP contribution in [-0.2, 0) is 9.53 Å². The first-order valence-corrected chi connectivity index (χ1v) is 8.08. The summed E-state index contributed by atoms with van der Waals surface area (Å²) in [5, 5.41) is 13.8. The predicted molar refractivity (Wildman–Crippen MR) is 89.2 cm³/mol. The van der Waals surface area contributed by atoms with Crippen molar-refractivity contribution >= 4 is 29.0 Å². The van der Waals surface area contributed by atoms with Crippen molar-refractivity contribution in [3.8, 4) is 0 Å². The summed E-state index contributed by atoms with van der Waals surface area (Å²) in [7, 11) is 0. The third-order valence-electron chi connectivity index (χ3n) is 4.04. The Morgan fingerprint density at radius 1 is 1.65 bits per heavy atom. The van der Waals surface area contributed by atoms with E-state index in [1.807, 2.05) is 0 Å². The van der Waals surface area contributed by atoms with Crippen molar-refractivity contribution in [2.45, 2.75) is 51.7 Å². The molecule has 1 aromatic rings. The molecule has 1 saturated carbocycles. The molecule has 2 N–H and O–H groups in total. The van der Waals surface area contributed by atoms with Crippen LogP contribution in [0.15, 0.2) is 12.3 Å². The van der Waals surface area contributed by atoms with Crippen LogP contribution in [0.5, 0.6) is 0 Å². The van der Waals surface area contributed by atoms with Gasteiger partial charge in [0.2, 0.25) is 5.28 Å². The Morgan fingerprint density at radius 3 is 3.00 bits per heavy atom. The van der Waals surface area contributed by atoms with Crippen LogP contribution in [-0.4, -0.2) is 39.3 Å². The van der Waals surface area contributed by atoms with Crippen LogP contribution >= 0.6 is 11.6 Å². The zero-order valence-electron chi connectivity index (χ0n) is 13.6. The minimum absolute atomic E-state index is 0.109. The van der Waals surface area contributed by atoms with Gasteiger partial charge in [-0.05, 0) is 57.2 Å². The van der Waals surface area contributed by atoms with E-state index in [1.165, 1.54) is 6.08 Å². The first kappa shape index (κ1) is 17.7. The normalized spacial score (nSPS) is 24.6. The number of anilines is 1. The van der Waals surface area contributed by atoms with Crippen LogP contribution in [0.25, 0.3) is 5.57 Å². The van der Waals surface area contributed by atoms with E-state index in [-0.39, 0.29) is 11.3 Å². The van der Waals surface area contributed by atoms with E-state index in [4.69, 9.17) is 16.3 Å². The zero-order chi connectivity index (χ0) is 17.0. The number of halogens is 1. The van der Waals surface area contributed by atoms with Gasteiger partial charge in [0, 0.05) is 17.8 Å². The second-order valence-corrected chi connectivity index (χ2v) is 6.27. The van der Waals surface area contributed by atoms with Crippen molar-refractivity contribution < 1.29 is 14.6 Å². The zero-order valence-corrected chi connectivity index (χ0v) is 14.4. The van der Waals surface area contributed by atoms with Crippen molar-refractivity contribution in [3.63, 3.8) is 0 Å². The molecule has 1 aliphatic rings. The number of esters is 1. The highest BCUT2D eigenvalue weighted by molar-refractivity contribution is 6.28. The first-order chi connectivity index (χ1) is 10.8. The summed E-state index contributed by atoms with van der Waals surface area (Å²) in [4.78, 5) is 19.8. The fourth-order valence-corrected chi connectivity index (χ4v) is 2.87. The molecule has 0 bridgehead atoms. The third-order valence-corrected chi connectivity index (χ3v) is 4.22. The lowest BCUT2D eigenvalue weighted by Gasteiger charge is -2.27. The number of aromatic nitrogens is 2. The standard InChI is InChI=1S/C16H22ClN3O3/c1-4-23-13(21)8-10(2)11-9-18-15(17)20-14(11)19-12-6-5-7-16(12,3)22/h8-9,12,22H,4-7H2,1-3H3,(H,18,19,20)/t12-,16-/m1/s1. The van der Waals surface area contributed by atoms with Gasteiger partial charge in [0.1, 0.15) is 5.82 Å². The van der Waals surface area contributed by atoms with Gasteiger partial charge in [-0.25, -0.2) is 14.8 Å². The first-order valence-electron chi connectivity index (χ1n) is 7.70. The van der Waals surface area contributed by atoms with Crippen LogP contribution < -0.4 is 5.32 Å². The largest absolute Gasteiger partial charge is 0.463 e. The lowest BCUT2D eigenvalue weighted by molar-refractivity contribution is -0.137. The van der Waals surface area contributed by atoms with Crippen LogP contribution in [0.1, 0.15) is 45.6 Å². The molecule has 1 fully saturated rings. The van der Waals surface area contributed by atoms with Gasteiger partial charge in [-0.2, -0.15) is 0 Å². The number of hydrogen-bond acceptors (Lipinski definition) is 6. The van der Waals surface area contributed by atoms with Gasteiger partial charge in [0.25, 0.3) is 0 Å². The van der Waals surface area contributed by atoms with Crippen molar-refractivity contribution in [2.24, 2.45) is 0 Å². The Balaban J connectivity index is 2.29. The van der Waals surface area contributed by atoms with E-state index in [0.29, 0.717) is 23.6 Å². The van der Waals surface area contributed by atoms with E-state index in [9.17, 15) is 9.90 Å². The lowest BCUT2D eigenvalue weighted by atomic mass is 10.00. The van der Waals surface area contributed by atoms with Crippen molar-refractivity contribution in [2.75, 3.05) is 11.9 Å². The van der Waals surface area contributed by atoms with Gasteiger partial charge < -0.3 is 15.2 Å². The Labute approximate surface area is 140 Å². The van der Waals surface area contributed by atoms with E-state index < -0.39 is 11.6 Å². The maximum atomic E-state index is 11.6. The number of nitrogens with zero attached hydrogens (tertiary/aromatic N) is 2. The molecule has 1 aromatic heterocycles. The number of hydrogen-bond donors (Lipinski definition) is 2. The average Bonchev–Trinajstić information content (AvgIpc) is 2.78. The minimum atomic E-state index is -0.798. The number of carbonyl (C=O) groups excluding carboxylic acids is 1. The predicted octanol–water partition coefficient (Wildman–Crippen LogP) is 2.81. The van der Waals surface area contributed by atoms with E-state index in [0.717, 1.165) is 19.3 Å². The second-order valence-electron chi connectivity index (χ2n) is 5.93. The number of ether oxygens (including phenoxy) is 1. The average molecular weight is 340 g/mol. The highest BCUT2D eigenvalue weighted by Gasteiger charge is 2.37. The minimum Gasteiger partial charge on any atom is -0.463 e. The molecule has 7 heteroatoms. The van der Waals surface area contributed by atoms with Gasteiger partial charge in [0.05, 0.1) is 18.2 Å². The topological polar surface area (TPSA) is 84.3 Å². The smallest absolute Gasteiger partial charge is 0.331 e. The highest BCUT2D eigenvalue weighted by atomic mass is 35.5. The van der Waals surface area contributed by atoms with Crippen molar-refractivity contribution in [1.29, 1.82) is 0 Å². The van der Waals surface area contributed by atoms with Crippen LogP contribution in [0.3, 0.4) is 0 Å². The summed E-state index contributed by atoms with van der Waals surface area (Å²) in [6, 6.07) is -0.123. The molecule has 0 spiro atoms. The van der Waals surface area contributed by atoms with E-state index in [2.05, 4.69) is 15.3 Å². The highest BCUT2D eigenvalue weighted by Crippen LogP contribution is 2.33. The molecule has 0 aliphatic heterocycles. The Kier molecular flexibility index (Phi) is 5.59. The molecular weight excluding hydrogens is 318 g/mol. The quantitative estimate of drug-likeness (QED) is 0.487. The third kappa shape index (κ3) is 4.42. The van der Waals surface area contributed by atoms with Gasteiger partial charge in [-0.15, -0.1) is 0 Å². The molecule has 1 heterocycles. The molecule has 1 aliphatic carbocycles. The molecule has 0 aromatic carbocycles. The fourth-order valence-electron chi connectivity index (χ4n) is 2.74. The Bertz CT molecular complexity index is 617. The van der Waals surface area contributed by atoms with Crippen LogP contribution in [0.4, 0.5) is 5.82 Å². The molecule has 2 atom stereocenters.